The molecule has 0 saturated heterocycles. The molecule has 114 valence electrons. The van der Waals surface area contributed by atoms with E-state index < -0.39 is 0 Å². The molecule has 1 aliphatic carbocycles. The molecule has 6 heteroatoms. The lowest BCUT2D eigenvalue weighted by Crippen LogP contribution is -2.25. The first kappa shape index (κ1) is 14.9. The minimum Gasteiger partial charge on any atom is -0.494 e. The molecule has 21 heavy (non-hydrogen) atoms. The van der Waals surface area contributed by atoms with Gasteiger partial charge in [-0.05, 0) is 31.3 Å². The molecule has 0 amide bonds. The normalized spacial score (nSPS) is 22.6. The van der Waals surface area contributed by atoms with Gasteiger partial charge in [0, 0.05) is 23.4 Å². The fraction of sp³-hybridized carbons (Fsp3) is 0.533. The van der Waals surface area contributed by atoms with Crippen LogP contribution in [0.25, 0.3) is 11.0 Å². The smallest absolute Gasteiger partial charge is 0.178 e. The Morgan fingerprint density at radius 3 is 2.86 bits per heavy atom. The van der Waals surface area contributed by atoms with Crippen molar-refractivity contribution in [3.05, 3.63) is 22.7 Å². The summed E-state index contributed by atoms with van der Waals surface area (Å²) in [5.41, 5.74) is 1.67. The van der Waals surface area contributed by atoms with Crippen LogP contribution >= 0.6 is 24.0 Å². The van der Waals surface area contributed by atoms with Crippen LogP contribution in [-0.4, -0.2) is 28.2 Å². The molecule has 1 saturated carbocycles. The molecule has 3 nitrogen and oxygen atoms in total. The van der Waals surface area contributed by atoms with E-state index in [2.05, 4.69) is 15.8 Å². The molecule has 0 bridgehead atoms. The van der Waals surface area contributed by atoms with Crippen LogP contribution in [-0.2, 0) is 0 Å². The fourth-order valence-electron chi connectivity index (χ4n) is 3.26. The van der Waals surface area contributed by atoms with Gasteiger partial charge in [0.2, 0.25) is 0 Å². The molecular formula is C15H19FN2OS2. The number of imidazole rings is 1. The Labute approximate surface area is 132 Å². The number of ether oxygens (including phenoxy) is 1. The van der Waals surface area contributed by atoms with Gasteiger partial charge in [-0.15, -0.1) is 0 Å². The van der Waals surface area contributed by atoms with Gasteiger partial charge < -0.3 is 14.3 Å². The monoisotopic (exact) mass is 326 g/mol. The number of aromatic amines is 1. The highest BCUT2D eigenvalue weighted by molar-refractivity contribution is 7.99. The van der Waals surface area contributed by atoms with E-state index in [-0.39, 0.29) is 11.6 Å². The minimum atomic E-state index is -0.363. The van der Waals surface area contributed by atoms with E-state index in [1.54, 1.807) is 6.07 Å². The van der Waals surface area contributed by atoms with Gasteiger partial charge in [0.25, 0.3) is 0 Å². The maximum atomic E-state index is 13.9. The highest BCUT2D eigenvalue weighted by Crippen LogP contribution is 2.38. The highest BCUT2D eigenvalue weighted by atomic mass is 32.2. The number of rotatable bonds is 3. The number of halogens is 1. The molecular weight excluding hydrogens is 307 g/mol. The van der Waals surface area contributed by atoms with Crippen molar-refractivity contribution in [2.75, 3.05) is 13.4 Å². The summed E-state index contributed by atoms with van der Waals surface area (Å²) in [5.74, 6) is -0.0970. The molecule has 1 aromatic heterocycles. The highest BCUT2D eigenvalue weighted by Gasteiger charge is 2.28. The molecule has 1 N–H and O–H groups in total. The Morgan fingerprint density at radius 1 is 1.38 bits per heavy atom. The van der Waals surface area contributed by atoms with Crippen LogP contribution in [0.5, 0.6) is 5.75 Å². The second-order valence-corrected chi connectivity index (χ2v) is 6.89. The number of methoxy groups -OCH3 is 1. The summed E-state index contributed by atoms with van der Waals surface area (Å²) < 4.78 is 21.8. The molecule has 3 rings (SSSR count). The average molecular weight is 326 g/mol. The van der Waals surface area contributed by atoms with Crippen molar-refractivity contribution in [3.8, 4) is 5.75 Å². The van der Waals surface area contributed by atoms with Crippen LogP contribution in [0.4, 0.5) is 4.39 Å². The number of fused-ring (bicyclic) bond motifs is 1. The van der Waals surface area contributed by atoms with Crippen LogP contribution in [0, 0.1) is 10.6 Å². The number of benzene rings is 1. The summed E-state index contributed by atoms with van der Waals surface area (Å²) in [7, 11) is 1.49. The van der Waals surface area contributed by atoms with E-state index in [0.29, 0.717) is 16.1 Å². The summed E-state index contributed by atoms with van der Waals surface area (Å²) >= 11 is 7.39. The van der Waals surface area contributed by atoms with Gasteiger partial charge in [-0.25, -0.2) is 4.39 Å². The number of aromatic nitrogens is 2. The number of nitrogens with one attached hydrogen (secondary N) is 1. The molecule has 0 radical (unpaired) electrons. The number of nitrogens with zero attached hydrogens (tertiary/aromatic N) is 1. The summed E-state index contributed by atoms with van der Waals surface area (Å²) in [5, 5.41) is 0.556. The van der Waals surface area contributed by atoms with Crippen LogP contribution in [0.15, 0.2) is 12.1 Å². The Kier molecular flexibility index (Phi) is 4.26. The van der Waals surface area contributed by atoms with Crippen LogP contribution in [0.2, 0.25) is 0 Å². The maximum absolute atomic E-state index is 13.9. The topological polar surface area (TPSA) is 29.9 Å². The summed E-state index contributed by atoms with van der Waals surface area (Å²) in [6.07, 6.45) is 6.97. The molecule has 0 aliphatic heterocycles. The number of thioether (sulfide) groups is 1. The van der Waals surface area contributed by atoms with E-state index in [4.69, 9.17) is 17.0 Å². The quantitative estimate of drug-likeness (QED) is 0.830. The molecule has 1 heterocycles. The molecule has 1 aliphatic rings. The average Bonchev–Trinajstić information content (AvgIpc) is 2.80. The lowest BCUT2D eigenvalue weighted by atomic mass is 9.94. The summed E-state index contributed by atoms with van der Waals surface area (Å²) in [6.45, 7) is 0. The number of hydrogen-bond donors (Lipinski definition) is 1. The predicted molar refractivity (Wildman–Crippen MR) is 88.4 cm³/mol. The zero-order valence-electron chi connectivity index (χ0n) is 12.2. The van der Waals surface area contributed by atoms with Crippen LogP contribution in [0.1, 0.15) is 31.7 Å². The Balaban J connectivity index is 2.17. The van der Waals surface area contributed by atoms with Gasteiger partial charge in [-0.2, -0.15) is 11.8 Å². The van der Waals surface area contributed by atoms with E-state index in [0.717, 1.165) is 17.5 Å². The zero-order valence-corrected chi connectivity index (χ0v) is 13.8. The van der Waals surface area contributed by atoms with E-state index >= 15 is 0 Å². The molecule has 0 spiro atoms. The van der Waals surface area contributed by atoms with Crippen molar-refractivity contribution in [3.63, 3.8) is 0 Å². The van der Waals surface area contributed by atoms with Crippen LogP contribution < -0.4 is 4.74 Å². The first-order valence-electron chi connectivity index (χ1n) is 7.16. The third kappa shape index (κ3) is 2.59. The summed E-state index contributed by atoms with van der Waals surface area (Å²) in [4.78, 5) is 3.13. The van der Waals surface area contributed by atoms with E-state index in [1.165, 1.54) is 32.4 Å². The summed E-state index contributed by atoms with van der Waals surface area (Å²) in [6, 6.07) is 3.59. The second kappa shape index (κ2) is 6.01. The largest absolute Gasteiger partial charge is 0.494 e. The number of hydrogen-bond acceptors (Lipinski definition) is 3. The van der Waals surface area contributed by atoms with Crippen molar-refractivity contribution >= 4 is 35.0 Å². The third-order valence-electron chi connectivity index (χ3n) is 4.29. The molecule has 2 aromatic rings. The lowest BCUT2D eigenvalue weighted by molar-refractivity contribution is 0.367. The van der Waals surface area contributed by atoms with Crippen LogP contribution in [0.3, 0.4) is 0 Å². The lowest BCUT2D eigenvalue weighted by Gasteiger charge is -2.31. The van der Waals surface area contributed by atoms with Crippen molar-refractivity contribution in [2.45, 2.75) is 37.0 Å². The first-order valence-corrected chi connectivity index (χ1v) is 8.86. The molecule has 1 fully saturated rings. The maximum Gasteiger partial charge on any atom is 0.178 e. The molecule has 2 unspecified atom stereocenters. The van der Waals surface area contributed by atoms with Gasteiger partial charge >= 0.3 is 0 Å². The number of H-pyrrole nitrogens is 1. The van der Waals surface area contributed by atoms with Gasteiger partial charge in [-0.1, -0.05) is 12.8 Å². The Morgan fingerprint density at radius 2 is 2.14 bits per heavy atom. The van der Waals surface area contributed by atoms with Gasteiger partial charge in [0.15, 0.2) is 16.3 Å². The van der Waals surface area contributed by atoms with E-state index in [1.807, 2.05) is 11.8 Å². The van der Waals surface area contributed by atoms with Crippen molar-refractivity contribution in [1.82, 2.24) is 9.55 Å². The Bertz CT molecular complexity index is 709. The zero-order chi connectivity index (χ0) is 15.0. The molecule has 1 aromatic carbocycles. The van der Waals surface area contributed by atoms with E-state index in [9.17, 15) is 4.39 Å². The third-order valence-corrected chi connectivity index (χ3v) is 5.75. The first-order chi connectivity index (χ1) is 10.2. The standard InChI is InChI=1S/C15H19FN2OS2/c1-19-13-8-12-10(7-9(13)16)17-15(20)18(12)11-5-3-4-6-14(11)21-2/h7-8,11,14H,3-6H2,1-2H3,(H,17,20). The SMILES string of the molecule is COc1cc2c(cc1F)[nH]c(=S)n2C1CCCCC1SC. The Hall–Kier alpha value is -1.01. The molecule has 2 atom stereocenters. The van der Waals surface area contributed by atoms with Crippen molar-refractivity contribution in [2.24, 2.45) is 0 Å². The minimum absolute atomic E-state index is 0.266. The second-order valence-electron chi connectivity index (χ2n) is 5.43. The van der Waals surface area contributed by atoms with Crippen molar-refractivity contribution in [1.29, 1.82) is 0 Å². The van der Waals surface area contributed by atoms with Gasteiger partial charge in [0.05, 0.1) is 18.1 Å². The predicted octanol–water partition coefficient (Wildman–Crippen LogP) is 4.69. The van der Waals surface area contributed by atoms with Crippen molar-refractivity contribution < 1.29 is 9.13 Å². The van der Waals surface area contributed by atoms with Gasteiger partial charge in [-0.3, -0.25) is 0 Å². The fourth-order valence-corrected chi connectivity index (χ4v) is 4.58. The van der Waals surface area contributed by atoms with Gasteiger partial charge in [0.1, 0.15) is 0 Å².